The second-order valence-electron chi connectivity index (χ2n) is 2.86. The fourth-order valence-corrected chi connectivity index (χ4v) is 3.35. The van der Waals surface area contributed by atoms with Crippen molar-refractivity contribution in [3.63, 3.8) is 0 Å². The lowest BCUT2D eigenvalue weighted by Crippen LogP contribution is -2.15. The van der Waals surface area contributed by atoms with E-state index in [4.69, 9.17) is 44.8 Å². The third-order valence-corrected chi connectivity index (χ3v) is 3.92. The summed E-state index contributed by atoms with van der Waals surface area (Å²) in [6.07, 6.45) is 0. The maximum Gasteiger partial charge on any atom is 0.345 e. The van der Waals surface area contributed by atoms with Gasteiger partial charge in [-0.3, -0.25) is 0 Å². The lowest BCUT2D eigenvalue weighted by Gasteiger charge is -2.10. The van der Waals surface area contributed by atoms with Crippen LogP contribution in [-0.2, 0) is 6.04 Å². The molecule has 0 amide bonds. The van der Waals surface area contributed by atoms with Crippen molar-refractivity contribution in [1.82, 2.24) is 0 Å². The first-order valence-corrected chi connectivity index (χ1v) is 9.32. The molecule has 0 aliphatic rings. The van der Waals surface area contributed by atoms with Crippen molar-refractivity contribution in [2.24, 2.45) is 0 Å². The van der Waals surface area contributed by atoms with Gasteiger partial charge >= 0.3 is 6.00 Å². The number of halogens is 4. The summed E-state index contributed by atoms with van der Waals surface area (Å²) in [7, 11) is 0. The van der Waals surface area contributed by atoms with E-state index in [1.165, 1.54) is 0 Å². The Kier molecular flexibility index (Phi) is 3.96. The normalized spacial score (nSPS) is 11.8. The molecule has 0 radical (unpaired) electrons. The third-order valence-electron chi connectivity index (χ3n) is 1.70. The molecule has 0 heterocycles. The van der Waals surface area contributed by atoms with E-state index >= 15 is 0 Å². The molecule has 0 unspecified atom stereocenters. The van der Waals surface area contributed by atoms with Crippen molar-refractivity contribution in [3.8, 4) is 0 Å². The molecule has 0 saturated heterocycles. The molecular weight excluding hydrogens is 266 g/mol. The van der Waals surface area contributed by atoms with Crippen LogP contribution in [-0.4, -0.2) is 6.00 Å². The molecule has 13 heavy (non-hydrogen) atoms. The van der Waals surface area contributed by atoms with Crippen molar-refractivity contribution >= 4 is 50.8 Å². The van der Waals surface area contributed by atoms with Gasteiger partial charge in [-0.15, -0.1) is 33.2 Å². The molecule has 0 nitrogen and oxygen atoms in total. The third kappa shape index (κ3) is 4.09. The van der Waals surface area contributed by atoms with Crippen molar-refractivity contribution in [3.05, 3.63) is 34.3 Å². The molecule has 1 rings (SSSR count). The zero-order valence-electron chi connectivity index (χ0n) is 6.95. The van der Waals surface area contributed by atoms with Crippen molar-refractivity contribution < 1.29 is 0 Å². The zero-order chi connectivity index (χ0) is 10.1. The van der Waals surface area contributed by atoms with Gasteiger partial charge in [0.2, 0.25) is 0 Å². The molecule has 0 spiro atoms. The Morgan fingerprint density at radius 3 is 2.38 bits per heavy atom. The highest BCUT2D eigenvalue weighted by Gasteiger charge is 2.26. The van der Waals surface area contributed by atoms with Gasteiger partial charge in [0.05, 0.1) is 0 Å². The molecule has 0 aliphatic heterocycles. The number of benzene rings is 1. The number of rotatable bonds is 2. The summed E-state index contributed by atoms with van der Waals surface area (Å²) in [5.74, 6) is 0. The van der Waals surface area contributed by atoms with Gasteiger partial charge in [-0.05, 0) is 30.2 Å². The van der Waals surface area contributed by atoms with Crippen LogP contribution in [0.2, 0.25) is 5.02 Å². The maximum atomic E-state index is 5.83. The highest BCUT2D eigenvalue weighted by molar-refractivity contribution is 7.64. The SMILES string of the molecule is Cc1ccc(Cl)cc1C[Si](Cl)(Cl)Cl. The molecule has 0 N–H and O–H groups in total. The molecule has 72 valence electrons. The fraction of sp³-hybridized carbons (Fsp3) is 0.250. The molecule has 0 aromatic heterocycles. The Morgan fingerprint density at radius 2 is 1.85 bits per heavy atom. The topological polar surface area (TPSA) is 0 Å². The first kappa shape index (κ1) is 11.7. The largest absolute Gasteiger partial charge is 0.345 e. The van der Waals surface area contributed by atoms with E-state index in [-0.39, 0.29) is 0 Å². The lowest BCUT2D eigenvalue weighted by atomic mass is 10.1. The molecular formula is C8H8Cl4Si. The maximum absolute atomic E-state index is 5.83. The molecule has 1 aromatic carbocycles. The lowest BCUT2D eigenvalue weighted by molar-refractivity contribution is 1.29. The van der Waals surface area contributed by atoms with E-state index in [0.717, 1.165) is 11.1 Å². The first-order chi connectivity index (χ1) is 5.88. The van der Waals surface area contributed by atoms with E-state index in [1.807, 2.05) is 25.1 Å². The van der Waals surface area contributed by atoms with Crippen LogP contribution in [0.25, 0.3) is 0 Å². The van der Waals surface area contributed by atoms with Crippen LogP contribution in [0.4, 0.5) is 0 Å². The molecule has 0 bridgehead atoms. The van der Waals surface area contributed by atoms with Crippen LogP contribution < -0.4 is 0 Å². The van der Waals surface area contributed by atoms with Crippen LogP contribution >= 0.6 is 44.8 Å². The highest BCUT2D eigenvalue weighted by Crippen LogP contribution is 2.27. The minimum atomic E-state index is -2.59. The number of hydrogen-bond acceptors (Lipinski definition) is 0. The van der Waals surface area contributed by atoms with Gasteiger partial charge in [-0.25, -0.2) is 0 Å². The Morgan fingerprint density at radius 1 is 1.23 bits per heavy atom. The zero-order valence-corrected chi connectivity index (χ0v) is 11.0. The smallest absolute Gasteiger partial charge is 0.126 e. The van der Waals surface area contributed by atoms with Gasteiger partial charge in [0, 0.05) is 11.1 Å². The minimum Gasteiger partial charge on any atom is -0.126 e. The highest BCUT2D eigenvalue weighted by atomic mass is 35.8. The van der Waals surface area contributed by atoms with Crippen LogP contribution in [0.5, 0.6) is 0 Å². The molecule has 0 saturated carbocycles. The predicted octanol–water partition coefficient (Wildman–Crippen LogP) is 4.39. The summed E-state index contributed by atoms with van der Waals surface area (Å²) in [6.45, 7) is 1.98. The molecule has 1 aromatic rings. The van der Waals surface area contributed by atoms with Crippen molar-refractivity contribution in [2.45, 2.75) is 13.0 Å². The van der Waals surface area contributed by atoms with Gasteiger partial charge < -0.3 is 0 Å². The summed E-state index contributed by atoms with van der Waals surface area (Å²) in [6, 6.07) is 3.54. The average Bonchev–Trinajstić information content (AvgIpc) is 1.94. The van der Waals surface area contributed by atoms with Crippen LogP contribution in [0.3, 0.4) is 0 Å². The van der Waals surface area contributed by atoms with E-state index in [2.05, 4.69) is 0 Å². The second-order valence-corrected chi connectivity index (χ2v) is 12.4. The summed E-state index contributed by atoms with van der Waals surface area (Å²) < 4.78 is 0. The Labute approximate surface area is 97.9 Å². The van der Waals surface area contributed by atoms with E-state index < -0.39 is 6.00 Å². The first-order valence-electron chi connectivity index (χ1n) is 3.70. The average molecular weight is 274 g/mol. The number of aryl methyl sites for hydroxylation is 1. The quantitative estimate of drug-likeness (QED) is 0.554. The molecule has 0 aliphatic carbocycles. The van der Waals surface area contributed by atoms with Gasteiger partial charge in [0.1, 0.15) is 0 Å². The standard InChI is InChI=1S/C8H8Cl4Si/c1-6-2-3-8(9)4-7(6)5-13(10,11)12/h2-4H,5H2,1H3. The predicted molar refractivity (Wildman–Crippen MR) is 63.2 cm³/mol. The minimum absolute atomic E-state index is 0.518. The van der Waals surface area contributed by atoms with Crippen LogP contribution in [0.15, 0.2) is 18.2 Å². The van der Waals surface area contributed by atoms with E-state index in [1.54, 1.807) is 0 Å². The van der Waals surface area contributed by atoms with Crippen molar-refractivity contribution in [2.75, 3.05) is 0 Å². The van der Waals surface area contributed by atoms with Gasteiger partial charge in [-0.2, -0.15) is 0 Å². The summed E-state index contributed by atoms with van der Waals surface area (Å²) in [5.41, 5.74) is 2.14. The van der Waals surface area contributed by atoms with Crippen molar-refractivity contribution in [1.29, 1.82) is 0 Å². The fourth-order valence-electron chi connectivity index (χ4n) is 1.05. The number of hydrogen-bond donors (Lipinski definition) is 0. The Balaban J connectivity index is 2.94. The molecule has 5 heteroatoms. The summed E-state index contributed by atoms with van der Waals surface area (Å²) in [5, 5.41) is 0.684. The second kappa shape index (κ2) is 4.41. The van der Waals surface area contributed by atoms with Crippen LogP contribution in [0, 0.1) is 6.92 Å². The van der Waals surface area contributed by atoms with Gasteiger partial charge in [-0.1, -0.05) is 17.7 Å². The Hall–Kier alpha value is 0.597. The van der Waals surface area contributed by atoms with E-state index in [0.29, 0.717) is 11.1 Å². The molecule has 0 atom stereocenters. The molecule has 0 fully saturated rings. The van der Waals surface area contributed by atoms with Gasteiger partial charge in [0.15, 0.2) is 0 Å². The Bertz CT molecular complexity index is 306. The van der Waals surface area contributed by atoms with Crippen LogP contribution in [0.1, 0.15) is 11.1 Å². The summed E-state index contributed by atoms with van der Waals surface area (Å²) >= 11 is 23.3. The monoisotopic (exact) mass is 272 g/mol. The van der Waals surface area contributed by atoms with E-state index in [9.17, 15) is 0 Å². The van der Waals surface area contributed by atoms with Gasteiger partial charge in [0.25, 0.3) is 0 Å². The summed E-state index contributed by atoms with van der Waals surface area (Å²) in [4.78, 5) is 0.